The molecule has 18 heavy (non-hydrogen) atoms. The number of fused-ring (bicyclic) bond motifs is 1. The van der Waals surface area contributed by atoms with Gasteiger partial charge >= 0.3 is 0 Å². The number of nitrogens with one attached hydrogen (secondary N) is 1. The van der Waals surface area contributed by atoms with Crippen molar-refractivity contribution in [2.24, 2.45) is 0 Å². The Hall–Kier alpha value is -0.940. The highest BCUT2D eigenvalue weighted by Gasteiger charge is 2.37. The molecule has 1 N–H and O–H groups in total. The Balaban J connectivity index is 2.52. The zero-order chi connectivity index (χ0) is 13.3. The molecule has 3 nitrogen and oxygen atoms in total. The van der Waals surface area contributed by atoms with Gasteiger partial charge in [-0.1, -0.05) is 19.1 Å². The van der Waals surface area contributed by atoms with E-state index in [1.165, 1.54) is 6.07 Å². The summed E-state index contributed by atoms with van der Waals surface area (Å²) in [5.74, 6) is -0.637. The zero-order valence-electron chi connectivity index (χ0n) is 10.6. The van der Waals surface area contributed by atoms with Crippen LogP contribution in [-0.4, -0.2) is 20.2 Å². The second kappa shape index (κ2) is 4.97. The summed E-state index contributed by atoms with van der Waals surface area (Å²) >= 11 is 0. The van der Waals surface area contributed by atoms with Crippen LogP contribution in [0.4, 0.5) is 4.39 Å². The van der Waals surface area contributed by atoms with Crippen LogP contribution in [0.15, 0.2) is 23.1 Å². The maximum atomic E-state index is 13.8. The quantitative estimate of drug-likeness (QED) is 0.918. The summed E-state index contributed by atoms with van der Waals surface area (Å²) in [5.41, 5.74) is 0.571. The molecule has 0 amide bonds. The summed E-state index contributed by atoms with van der Waals surface area (Å²) in [5, 5.41) is 2.75. The molecule has 100 valence electrons. The molecule has 1 aromatic carbocycles. The summed E-state index contributed by atoms with van der Waals surface area (Å²) < 4.78 is 38.2. The molecule has 0 aliphatic carbocycles. The normalized spacial score (nSPS) is 25.7. The fourth-order valence-electron chi connectivity index (χ4n) is 2.40. The molecule has 0 bridgehead atoms. The fraction of sp³-hybridized carbons (Fsp3) is 0.538. The van der Waals surface area contributed by atoms with E-state index in [9.17, 15) is 12.8 Å². The van der Waals surface area contributed by atoms with Gasteiger partial charge in [-0.2, -0.15) is 0 Å². The van der Waals surface area contributed by atoms with E-state index in [0.717, 1.165) is 13.0 Å². The third-order valence-corrected chi connectivity index (χ3v) is 5.65. The molecule has 0 aromatic heterocycles. The van der Waals surface area contributed by atoms with Gasteiger partial charge in [0.25, 0.3) is 0 Å². The second-order valence-corrected chi connectivity index (χ2v) is 7.06. The van der Waals surface area contributed by atoms with E-state index < -0.39 is 20.9 Å². The topological polar surface area (TPSA) is 46.2 Å². The predicted octanol–water partition coefficient (Wildman–Crippen LogP) is 2.43. The van der Waals surface area contributed by atoms with Crippen LogP contribution >= 0.6 is 0 Å². The molecule has 0 radical (unpaired) electrons. The van der Waals surface area contributed by atoms with Crippen molar-refractivity contribution in [3.8, 4) is 0 Å². The Kier molecular flexibility index (Phi) is 3.73. The zero-order valence-corrected chi connectivity index (χ0v) is 11.4. The van der Waals surface area contributed by atoms with Gasteiger partial charge in [0.1, 0.15) is 10.7 Å². The minimum absolute atomic E-state index is 0.0748. The van der Waals surface area contributed by atoms with E-state index in [1.54, 1.807) is 19.1 Å². The van der Waals surface area contributed by atoms with Gasteiger partial charge in [-0.25, -0.2) is 12.8 Å². The van der Waals surface area contributed by atoms with E-state index in [4.69, 9.17) is 0 Å². The maximum absolute atomic E-state index is 13.8. The van der Waals surface area contributed by atoms with Crippen LogP contribution in [0, 0.1) is 5.82 Å². The summed E-state index contributed by atoms with van der Waals surface area (Å²) in [6, 6.07) is 4.41. The molecule has 1 aliphatic rings. The van der Waals surface area contributed by atoms with Gasteiger partial charge in [0, 0.05) is 6.04 Å². The monoisotopic (exact) mass is 271 g/mol. The van der Waals surface area contributed by atoms with Crippen LogP contribution < -0.4 is 5.32 Å². The average molecular weight is 271 g/mol. The highest BCUT2D eigenvalue weighted by molar-refractivity contribution is 7.92. The van der Waals surface area contributed by atoms with Gasteiger partial charge in [0.15, 0.2) is 9.84 Å². The van der Waals surface area contributed by atoms with Gasteiger partial charge in [0.05, 0.1) is 5.25 Å². The van der Waals surface area contributed by atoms with Crippen LogP contribution in [0.5, 0.6) is 0 Å². The van der Waals surface area contributed by atoms with E-state index >= 15 is 0 Å². The summed E-state index contributed by atoms with van der Waals surface area (Å²) in [6.07, 6.45) is 1.46. The first-order valence-electron chi connectivity index (χ1n) is 6.24. The lowest BCUT2D eigenvalue weighted by molar-refractivity contribution is 0.451. The van der Waals surface area contributed by atoms with E-state index in [-0.39, 0.29) is 10.9 Å². The van der Waals surface area contributed by atoms with Gasteiger partial charge < -0.3 is 5.32 Å². The van der Waals surface area contributed by atoms with E-state index in [1.807, 2.05) is 6.92 Å². The number of hydrogen-bond donors (Lipinski definition) is 1. The van der Waals surface area contributed by atoms with Crippen LogP contribution in [-0.2, 0) is 9.84 Å². The Bertz CT molecular complexity index is 542. The van der Waals surface area contributed by atoms with Crippen molar-refractivity contribution >= 4 is 9.84 Å². The maximum Gasteiger partial charge on any atom is 0.184 e. The van der Waals surface area contributed by atoms with Crippen molar-refractivity contribution in [1.82, 2.24) is 5.32 Å². The molecule has 0 spiro atoms. The van der Waals surface area contributed by atoms with Crippen LogP contribution in [0.3, 0.4) is 0 Å². The molecule has 0 saturated carbocycles. The number of halogens is 1. The predicted molar refractivity (Wildman–Crippen MR) is 68.7 cm³/mol. The SMILES string of the molecule is CCCNC1CC(C)S(=O)(=O)c2c(F)cccc21. The molecule has 1 heterocycles. The number of benzene rings is 1. The highest BCUT2D eigenvalue weighted by atomic mass is 32.2. The Morgan fingerprint density at radius 1 is 1.44 bits per heavy atom. The first kappa shape index (κ1) is 13.5. The van der Waals surface area contributed by atoms with E-state index in [2.05, 4.69) is 5.32 Å². The first-order valence-corrected chi connectivity index (χ1v) is 7.78. The van der Waals surface area contributed by atoms with Crippen LogP contribution in [0.25, 0.3) is 0 Å². The minimum atomic E-state index is -3.52. The minimum Gasteiger partial charge on any atom is -0.310 e. The van der Waals surface area contributed by atoms with Crippen molar-refractivity contribution < 1.29 is 12.8 Å². The second-order valence-electron chi connectivity index (χ2n) is 4.76. The van der Waals surface area contributed by atoms with Crippen molar-refractivity contribution in [3.05, 3.63) is 29.6 Å². The van der Waals surface area contributed by atoms with Gasteiger partial charge in [0.2, 0.25) is 0 Å². The first-order chi connectivity index (χ1) is 8.48. The van der Waals surface area contributed by atoms with Crippen LogP contribution in [0.2, 0.25) is 0 Å². The van der Waals surface area contributed by atoms with Crippen molar-refractivity contribution in [3.63, 3.8) is 0 Å². The Morgan fingerprint density at radius 2 is 2.17 bits per heavy atom. The lowest BCUT2D eigenvalue weighted by Gasteiger charge is -2.30. The van der Waals surface area contributed by atoms with Crippen molar-refractivity contribution in [2.45, 2.75) is 42.9 Å². The van der Waals surface area contributed by atoms with Crippen molar-refractivity contribution in [1.29, 1.82) is 0 Å². The smallest absolute Gasteiger partial charge is 0.184 e. The van der Waals surface area contributed by atoms with Crippen LogP contribution in [0.1, 0.15) is 38.3 Å². The molecule has 1 aliphatic heterocycles. The largest absolute Gasteiger partial charge is 0.310 e. The molecule has 0 fully saturated rings. The van der Waals surface area contributed by atoms with Gasteiger partial charge in [-0.05, 0) is 37.9 Å². The average Bonchev–Trinajstić information content (AvgIpc) is 2.32. The molecule has 2 rings (SSSR count). The number of hydrogen-bond acceptors (Lipinski definition) is 3. The molecular formula is C13H18FNO2S. The molecule has 2 atom stereocenters. The highest BCUT2D eigenvalue weighted by Crippen LogP contribution is 2.37. The van der Waals surface area contributed by atoms with Crippen molar-refractivity contribution in [2.75, 3.05) is 6.54 Å². The molecule has 2 unspecified atom stereocenters. The molecular weight excluding hydrogens is 253 g/mol. The molecule has 5 heteroatoms. The summed E-state index contributed by atoms with van der Waals surface area (Å²) in [7, 11) is -3.52. The summed E-state index contributed by atoms with van der Waals surface area (Å²) in [4.78, 5) is -0.114. The Morgan fingerprint density at radius 3 is 2.83 bits per heavy atom. The third kappa shape index (κ3) is 2.17. The van der Waals surface area contributed by atoms with E-state index in [0.29, 0.717) is 12.0 Å². The molecule has 1 aromatic rings. The number of sulfone groups is 1. The standard InChI is InChI=1S/C13H18FNO2S/c1-3-7-15-12-8-9(2)18(16,17)13-10(12)5-4-6-11(13)14/h4-6,9,12,15H,3,7-8H2,1-2H3. The Labute approximate surface area is 107 Å². The third-order valence-electron chi connectivity index (χ3n) is 3.40. The fourth-order valence-corrected chi connectivity index (χ4v) is 4.13. The number of rotatable bonds is 3. The lowest BCUT2D eigenvalue weighted by atomic mass is 10.0. The lowest BCUT2D eigenvalue weighted by Crippen LogP contribution is -2.35. The van der Waals surface area contributed by atoms with Gasteiger partial charge in [-0.3, -0.25) is 0 Å². The summed E-state index contributed by atoms with van der Waals surface area (Å²) in [6.45, 7) is 4.49. The van der Waals surface area contributed by atoms with Gasteiger partial charge in [-0.15, -0.1) is 0 Å². The molecule has 0 saturated heterocycles.